The molecule has 0 spiro atoms. The highest BCUT2D eigenvalue weighted by molar-refractivity contribution is 9.09. The van der Waals surface area contributed by atoms with Gasteiger partial charge in [-0.05, 0) is 6.42 Å². The smallest absolute Gasteiger partial charge is 0.324 e. The minimum absolute atomic E-state index is 0.191. The number of rotatable bonds is 9. The largest absolute Gasteiger partial charge is 0.463 e. The van der Waals surface area contributed by atoms with Gasteiger partial charge in [-0.1, -0.05) is 15.9 Å². The van der Waals surface area contributed by atoms with Crippen LogP contribution in [0.25, 0.3) is 0 Å². The highest BCUT2D eigenvalue weighted by Crippen LogP contribution is 2.31. The summed E-state index contributed by atoms with van der Waals surface area (Å²) in [6.07, 6.45) is -3.03. The fourth-order valence-corrected chi connectivity index (χ4v) is 2.49. The Morgan fingerprint density at radius 3 is 2.11 bits per heavy atom. The third-order valence-electron chi connectivity index (χ3n) is 3.19. The van der Waals surface area contributed by atoms with Gasteiger partial charge in [-0.15, -0.1) is 0 Å². The summed E-state index contributed by atoms with van der Waals surface area (Å²) >= 11 is 3.26. The second-order valence-corrected chi connectivity index (χ2v) is 6.49. The van der Waals surface area contributed by atoms with E-state index in [0.29, 0.717) is 11.8 Å². The van der Waals surface area contributed by atoms with Crippen LogP contribution in [0.15, 0.2) is 11.7 Å². The minimum atomic E-state index is -1.33. The van der Waals surface area contributed by atoms with Crippen molar-refractivity contribution in [1.82, 2.24) is 0 Å². The molecule has 0 aliphatic carbocycles. The van der Waals surface area contributed by atoms with Crippen molar-refractivity contribution in [2.24, 2.45) is 0 Å². The standard InChI is InChI=1S/C17H23BrO10/c1-9(19)24-8-13-14(25-10(2)20)15(26-11(3)21)16(27-12(4)22)17(28-13)23-7-5-6-18/h13-15H,5-8H2,1-4H3/t13?,14-,15?/m0/s1. The SMILES string of the molecule is CC(=O)OCC1OC(OCCCBr)=C(OC(C)=O)C(OC(C)=O)[C@H]1OC(C)=O. The molecule has 1 rings (SSSR count). The number of halogens is 1. The fourth-order valence-electron chi connectivity index (χ4n) is 2.26. The van der Waals surface area contributed by atoms with Gasteiger partial charge in [-0.2, -0.15) is 0 Å². The van der Waals surface area contributed by atoms with Crippen LogP contribution >= 0.6 is 15.9 Å². The number of esters is 4. The molecule has 2 unspecified atom stereocenters. The van der Waals surface area contributed by atoms with E-state index in [1.807, 2.05) is 0 Å². The van der Waals surface area contributed by atoms with Crippen LogP contribution in [0.5, 0.6) is 0 Å². The minimum Gasteiger partial charge on any atom is -0.463 e. The Bertz CT molecular complexity index is 629. The average molecular weight is 467 g/mol. The van der Waals surface area contributed by atoms with E-state index < -0.39 is 42.2 Å². The van der Waals surface area contributed by atoms with Gasteiger partial charge in [0.05, 0.1) is 6.61 Å². The lowest BCUT2D eigenvalue weighted by molar-refractivity contribution is -0.199. The molecule has 28 heavy (non-hydrogen) atoms. The molecule has 1 heterocycles. The lowest BCUT2D eigenvalue weighted by Gasteiger charge is -2.37. The molecule has 158 valence electrons. The van der Waals surface area contributed by atoms with Crippen LogP contribution in [0.1, 0.15) is 34.1 Å². The zero-order chi connectivity index (χ0) is 21.3. The van der Waals surface area contributed by atoms with Gasteiger partial charge >= 0.3 is 29.8 Å². The second-order valence-electron chi connectivity index (χ2n) is 5.70. The fraction of sp³-hybridized carbons (Fsp3) is 0.647. The lowest BCUT2D eigenvalue weighted by Crippen LogP contribution is -2.51. The quantitative estimate of drug-likeness (QED) is 0.212. The van der Waals surface area contributed by atoms with Gasteiger partial charge in [0.15, 0.2) is 12.2 Å². The molecule has 0 saturated carbocycles. The van der Waals surface area contributed by atoms with Gasteiger partial charge in [-0.25, -0.2) is 0 Å². The van der Waals surface area contributed by atoms with Crippen LogP contribution in [0, 0.1) is 0 Å². The molecular weight excluding hydrogens is 444 g/mol. The molecule has 3 atom stereocenters. The summed E-state index contributed by atoms with van der Waals surface area (Å²) in [4.78, 5) is 45.9. The molecule has 0 fully saturated rings. The Morgan fingerprint density at radius 1 is 0.964 bits per heavy atom. The number of alkyl halides is 1. The van der Waals surface area contributed by atoms with Crippen molar-refractivity contribution in [2.45, 2.75) is 52.4 Å². The van der Waals surface area contributed by atoms with Gasteiger partial charge in [0.2, 0.25) is 11.9 Å². The third-order valence-corrected chi connectivity index (χ3v) is 3.75. The number of carbonyl (C=O) groups is 4. The van der Waals surface area contributed by atoms with Gasteiger partial charge in [0.25, 0.3) is 0 Å². The van der Waals surface area contributed by atoms with E-state index in [-0.39, 0.29) is 24.9 Å². The summed E-state index contributed by atoms with van der Waals surface area (Å²) < 4.78 is 31.7. The first kappa shape index (κ1) is 23.7. The van der Waals surface area contributed by atoms with Crippen molar-refractivity contribution in [3.8, 4) is 0 Å². The molecule has 1 aliphatic heterocycles. The maximum absolute atomic E-state index is 11.6. The van der Waals surface area contributed by atoms with Crippen LogP contribution < -0.4 is 0 Å². The molecule has 0 N–H and O–H groups in total. The molecule has 0 saturated heterocycles. The van der Waals surface area contributed by atoms with E-state index in [2.05, 4.69) is 15.9 Å². The van der Waals surface area contributed by atoms with Crippen molar-refractivity contribution in [1.29, 1.82) is 0 Å². The molecule has 11 heteroatoms. The van der Waals surface area contributed by atoms with E-state index in [4.69, 9.17) is 28.4 Å². The van der Waals surface area contributed by atoms with Crippen molar-refractivity contribution in [2.75, 3.05) is 18.5 Å². The molecule has 0 bridgehead atoms. The second kappa shape index (κ2) is 11.5. The first-order chi connectivity index (χ1) is 13.1. The predicted octanol–water partition coefficient (Wildman–Crippen LogP) is 1.35. The van der Waals surface area contributed by atoms with E-state index in [1.165, 1.54) is 6.92 Å². The summed E-state index contributed by atoms with van der Waals surface area (Å²) in [5.74, 6) is -3.21. The van der Waals surface area contributed by atoms with Crippen LogP contribution in [0.3, 0.4) is 0 Å². The molecule has 0 radical (unpaired) electrons. The number of hydrogen-bond acceptors (Lipinski definition) is 10. The third kappa shape index (κ3) is 7.75. The van der Waals surface area contributed by atoms with Crippen LogP contribution in [0.2, 0.25) is 0 Å². The Hall–Kier alpha value is -2.30. The van der Waals surface area contributed by atoms with Crippen molar-refractivity contribution in [3.05, 3.63) is 11.7 Å². The van der Waals surface area contributed by atoms with Crippen LogP contribution in [-0.4, -0.2) is 60.7 Å². The van der Waals surface area contributed by atoms with Crippen LogP contribution in [-0.2, 0) is 47.6 Å². The van der Waals surface area contributed by atoms with E-state index in [9.17, 15) is 19.2 Å². The van der Waals surface area contributed by atoms with Crippen molar-refractivity contribution >= 4 is 39.8 Å². The maximum atomic E-state index is 11.6. The highest BCUT2D eigenvalue weighted by atomic mass is 79.9. The normalized spacial score (nSPS) is 21.2. The Balaban J connectivity index is 3.34. The number of hydrogen-bond donors (Lipinski definition) is 0. The topological polar surface area (TPSA) is 124 Å². The summed E-state index contributed by atoms with van der Waals surface area (Å²) in [6, 6.07) is 0. The monoisotopic (exact) mass is 466 g/mol. The molecule has 1 aliphatic rings. The van der Waals surface area contributed by atoms with Gasteiger partial charge < -0.3 is 28.4 Å². The molecule has 0 aromatic rings. The van der Waals surface area contributed by atoms with Crippen molar-refractivity contribution in [3.63, 3.8) is 0 Å². The van der Waals surface area contributed by atoms with Gasteiger partial charge in [-0.3, -0.25) is 19.2 Å². The molecule has 0 aromatic carbocycles. The predicted molar refractivity (Wildman–Crippen MR) is 95.8 cm³/mol. The number of ether oxygens (including phenoxy) is 6. The van der Waals surface area contributed by atoms with E-state index in [0.717, 1.165) is 20.8 Å². The summed E-state index contributed by atoms with van der Waals surface area (Å²) in [5.41, 5.74) is 0. The summed E-state index contributed by atoms with van der Waals surface area (Å²) in [7, 11) is 0. The number of carbonyl (C=O) groups excluding carboxylic acids is 4. The first-order valence-corrected chi connectivity index (χ1v) is 9.53. The molecule has 0 amide bonds. The van der Waals surface area contributed by atoms with Crippen LogP contribution in [0.4, 0.5) is 0 Å². The van der Waals surface area contributed by atoms with E-state index >= 15 is 0 Å². The zero-order valence-corrected chi connectivity index (χ0v) is 17.6. The zero-order valence-electron chi connectivity index (χ0n) is 16.0. The molecule has 10 nitrogen and oxygen atoms in total. The summed E-state index contributed by atoms with van der Waals surface area (Å²) in [6.45, 7) is 4.49. The van der Waals surface area contributed by atoms with Gasteiger partial charge in [0.1, 0.15) is 6.61 Å². The molecule has 0 aromatic heterocycles. The lowest BCUT2D eigenvalue weighted by atomic mass is 10.0. The van der Waals surface area contributed by atoms with Gasteiger partial charge in [0, 0.05) is 33.0 Å². The highest BCUT2D eigenvalue weighted by Gasteiger charge is 2.48. The molecular formula is C17H23BrO10. The Morgan fingerprint density at radius 2 is 1.61 bits per heavy atom. The summed E-state index contributed by atoms with van der Waals surface area (Å²) in [5, 5.41) is 0.642. The Kier molecular flexibility index (Phi) is 9.77. The first-order valence-electron chi connectivity index (χ1n) is 8.41. The Labute approximate surface area is 170 Å². The average Bonchev–Trinajstić information content (AvgIpc) is 2.57. The van der Waals surface area contributed by atoms with E-state index in [1.54, 1.807) is 0 Å². The maximum Gasteiger partial charge on any atom is 0.324 e. The van der Waals surface area contributed by atoms with Crippen molar-refractivity contribution < 1.29 is 47.6 Å².